The minimum Gasteiger partial charge on any atom is -0.486 e. The van der Waals surface area contributed by atoms with E-state index in [0.29, 0.717) is 37.8 Å². The van der Waals surface area contributed by atoms with Gasteiger partial charge in [-0.25, -0.2) is 0 Å². The van der Waals surface area contributed by atoms with Gasteiger partial charge in [0.1, 0.15) is 13.2 Å². The molecule has 1 aromatic heterocycles. The molecule has 2 aromatic rings. The molecule has 3 heterocycles. The fraction of sp³-hybridized carbons (Fsp3) is 0.368. The zero-order valence-corrected chi connectivity index (χ0v) is 15.1. The summed E-state index contributed by atoms with van der Waals surface area (Å²) in [5.41, 5.74) is 1.96. The molecule has 0 bridgehead atoms. The van der Waals surface area contributed by atoms with Crippen LogP contribution in [0.3, 0.4) is 0 Å². The van der Waals surface area contributed by atoms with Crippen LogP contribution in [0.5, 0.6) is 11.5 Å². The summed E-state index contributed by atoms with van der Waals surface area (Å²) in [7, 11) is 0. The minimum atomic E-state index is -0.321. The Morgan fingerprint density at radius 2 is 2.08 bits per heavy atom. The summed E-state index contributed by atoms with van der Waals surface area (Å²) in [5.74, 6) is 0.908. The fourth-order valence-electron chi connectivity index (χ4n) is 3.24. The maximum Gasteiger partial charge on any atom is 0.227 e. The fourth-order valence-corrected chi connectivity index (χ4v) is 3.95. The molecule has 1 aromatic carbocycles. The number of fused-ring (bicyclic) bond motifs is 1. The quantitative estimate of drug-likeness (QED) is 0.874. The molecular formula is C19H20N2O4S. The van der Waals surface area contributed by atoms with E-state index in [1.165, 1.54) is 5.56 Å². The monoisotopic (exact) mass is 372 g/mol. The highest BCUT2D eigenvalue weighted by molar-refractivity contribution is 7.07. The van der Waals surface area contributed by atoms with E-state index in [4.69, 9.17) is 9.47 Å². The number of nitrogens with one attached hydrogen (secondary N) is 1. The Hall–Kier alpha value is -2.54. The first-order chi connectivity index (χ1) is 12.7. The summed E-state index contributed by atoms with van der Waals surface area (Å²) in [6.45, 7) is 2.01. The van der Waals surface area contributed by atoms with E-state index < -0.39 is 0 Å². The molecule has 7 heteroatoms. The number of hydrogen-bond donors (Lipinski definition) is 1. The standard InChI is InChI=1S/C19H20N2O4S/c22-18-9-14(19(23)20-5-3-13-4-8-26-12-13)11-21(18)15-1-2-16-17(10-15)25-7-6-24-16/h1-2,4,8,10,12,14H,3,5-7,9,11H2,(H,20,23). The zero-order valence-electron chi connectivity index (χ0n) is 14.3. The van der Waals surface area contributed by atoms with Crippen molar-refractivity contribution in [2.45, 2.75) is 12.8 Å². The van der Waals surface area contributed by atoms with Crippen molar-refractivity contribution < 1.29 is 19.1 Å². The highest BCUT2D eigenvalue weighted by Crippen LogP contribution is 2.35. The third-order valence-electron chi connectivity index (χ3n) is 4.63. The molecule has 1 fully saturated rings. The summed E-state index contributed by atoms with van der Waals surface area (Å²) in [5, 5.41) is 7.05. The predicted molar refractivity (Wildman–Crippen MR) is 98.9 cm³/mol. The number of ether oxygens (including phenoxy) is 2. The van der Waals surface area contributed by atoms with E-state index in [-0.39, 0.29) is 24.2 Å². The van der Waals surface area contributed by atoms with Gasteiger partial charge in [0.2, 0.25) is 11.8 Å². The third kappa shape index (κ3) is 3.53. The molecule has 1 saturated heterocycles. The number of carbonyl (C=O) groups excluding carboxylic acids is 2. The zero-order chi connectivity index (χ0) is 17.9. The molecular weight excluding hydrogens is 352 g/mol. The van der Waals surface area contributed by atoms with Gasteiger partial charge in [0.15, 0.2) is 11.5 Å². The Balaban J connectivity index is 1.36. The van der Waals surface area contributed by atoms with Gasteiger partial charge in [-0.2, -0.15) is 11.3 Å². The van der Waals surface area contributed by atoms with Gasteiger partial charge in [0.05, 0.1) is 5.92 Å². The topological polar surface area (TPSA) is 67.9 Å². The molecule has 2 aliphatic rings. The van der Waals surface area contributed by atoms with Crippen LogP contribution >= 0.6 is 11.3 Å². The maximum atomic E-state index is 12.4. The number of anilines is 1. The number of benzene rings is 1. The lowest BCUT2D eigenvalue weighted by molar-refractivity contribution is -0.126. The van der Waals surface area contributed by atoms with Crippen LogP contribution in [0, 0.1) is 5.92 Å². The number of rotatable bonds is 5. The van der Waals surface area contributed by atoms with Crippen molar-refractivity contribution in [3.05, 3.63) is 40.6 Å². The molecule has 0 aliphatic carbocycles. The van der Waals surface area contributed by atoms with Crippen LogP contribution in [-0.2, 0) is 16.0 Å². The second kappa shape index (κ2) is 7.37. The van der Waals surface area contributed by atoms with Crippen LogP contribution in [-0.4, -0.2) is 38.1 Å². The van der Waals surface area contributed by atoms with Gasteiger partial charge in [0.25, 0.3) is 0 Å². The van der Waals surface area contributed by atoms with Crippen molar-refractivity contribution in [3.63, 3.8) is 0 Å². The predicted octanol–water partition coefficient (Wildman–Crippen LogP) is 2.23. The second-order valence-corrected chi connectivity index (χ2v) is 7.19. The first-order valence-corrected chi connectivity index (χ1v) is 9.64. The van der Waals surface area contributed by atoms with Crippen LogP contribution in [0.25, 0.3) is 0 Å². The van der Waals surface area contributed by atoms with Crippen molar-refractivity contribution in [1.29, 1.82) is 0 Å². The molecule has 0 radical (unpaired) electrons. The SMILES string of the molecule is O=C(NCCc1ccsc1)C1CC(=O)N(c2ccc3c(c2)OCCO3)C1. The van der Waals surface area contributed by atoms with Crippen LogP contribution in [0.2, 0.25) is 0 Å². The van der Waals surface area contributed by atoms with Crippen LogP contribution in [0.4, 0.5) is 5.69 Å². The van der Waals surface area contributed by atoms with Crippen molar-refractivity contribution in [2.24, 2.45) is 5.92 Å². The van der Waals surface area contributed by atoms with E-state index in [1.807, 2.05) is 23.6 Å². The van der Waals surface area contributed by atoms with E-state index in [9.17, 15) is 9.59 Å². The minimum absolute atomic E-state index is 0.0420. The highest BCUT2D eigenvalue weighted by atomic mass is 32.1. The molecule has 4 rings (SSSR count). The van der Waals surface area contributed by atoms with Gasteiger partial charge in [-0.1, -0.05) is 0 Å². The van der Waals surface area contributed by atoms with Crippen molar-refractivity contribution >= 4 is 28.8 Å². The smallest absolute Gasteiger partial charge is 0.227 e. The number of amides is 2. The van der Waals surface area contributed by atoms with Gasteiger partial charge in [0, 0.05) is 31.3 Å². The van der Waals surface area contributed by atoms with Gasteiger partial charge >= 0.3 is 0 Å². The first-order valence-electron chi connectivity index (χ1n) is 8.69. The summed E-state index contributed by atoms with van der Waals surface area (Å²) in [6.07, 6.45) is 1.04. The van der Waals surface area contributed by atoms with Crippen molar-refractivity contribution in [2.75, 3.05) is 31.2 Å². The van der Waals surface area contributed by atoms with Gasteiger partial charge in [-0.05, 0) is 40.9 Å². The number of carbonyl (C=O) groups is 2. The van der Waals surface area contributed by atoms with E-state index in [0.717, 1.165) is 12.1 Å². The van der Waals surface area contributed by atoms with E-state index >= 15 is 0 Å². The number of nitrogens with zero attached hydrogens (tertiary/aromatic N) is 1. The molecule has 26 heavy (non-hydrogen) atoms. The number of thiophene rings is 1. The Kier molecular flexibility index (Phi) is 4.79. The molecule has 2 amide bonds. The Labute approximate surface area is 155 Å². The summed E-state index contributed by atoms with van der Waals surface area (Å²) in [4.78, 5) is 26.4. The van der Waals surface area contributed by atoms with Gasteiger partial charge in [-0.3, -0.25) is 9.59 Å². The number of hydrogen-bond acceptors (Lipinski definition) is 5. The average Bonchev–Trinajstić information content (AvgIpc) is 3.31. The van der Waals surface area contributed by atoms with Gasteiger partial charge in [-0.15, -0.1) is 0 Å². The van der Waals surface area contributed by atoms with Crippen molar-refractivity contribution in [1.82, 2.24) is 5.32 Å². The summed E-state index contributed by atoms with van der Waals surface area (Å²) < 4.78 is 11.1. The summed E-state index contributed by atoms with van der Waals surface area (Å²) in [6, 6.07) is 7.51. The van der Waals surface area contributed by atoms with E-state index in [2.05, 4.69) is 16.8 Å². The van der Waals surface area contributed by atoms with Crippen molar-refractivity contribution in [3.8, 4) is 11.5 Å². The Morgan fingerprint density at radius 3 is 2.88 bits per heavy atom. The second-order valence-electron chi connectivity index (χ2n) is 6.41. The maximum absolute atomic E-state index is 12.4. The van der Waals surface area contributed by atoms with Crippen LogP contribution in [0.15, 0.2) is 35.0 Å². The van der Waals surface area contributed by atoms with E-state index in [1.54, 1.807) is 16.2 Å². The molecule has 136 valence electrons. The molecule has 0 saturated carbocycles. The normalized spacial score (nSPS) is 18.8. The molecule has 1 atom stereocenters. The highest BCUT2D eigenvalue weighted by Gasteiger charge is 2.35. The lowest BCUT2D eigenvalue weighted by atomic mass is 10.1. The Bertz CT molecular complexity index is 806. The average molecular weight is 372 g/mol. The van der Waals surface area contributed by atoms with Crippen LogP contribution < -0.4 is 19.7 Å². The molecule has 1 unspecified atom stereocenters. The van der Waals surface area contributed by atoms with Crippen LogP contribution in [0.1, 0.15) is 12.0 Å². The first kappa shape index (κ1) is 16.9. The summed E-state index contributed by atoms with van der Waals surface area (Å²) >= 11 is 1.65. The van der Waals surface area contributed by atoms with Gasteiger partial charge < -0.3 is 19.7 Å². The molecule has 0 spiro atoms. The molecule has 6 nitrogen and oxygen atoms in total. The lowest BCUT2D eigenvalue weighted by Crippen LogP contribution is -2.34. The molecule has 2 aliphatic heterocycles. The Morgan fingerprint density at radius 1 is 1.23 bits per heavy atom. The lowest BCUT2D eigenvalue weighted by Gasteiger charge is -2.22. The molecule has 1 N–H and O–H groups in total. The third-order valence-corrected chi connectivity index (χ3v) is 5.36. The largest absolute Gasteiger partial charge is 0.486 e.